The van der Waals surface area contributed by atoms with Crippen LogP contribution < -0.4 is 10.0 Å². The third-order valence-electron chi connectivity index (χ3n) is 4.62. The second-order valence-electron chi connectivity index (χ2n) is 6.79. The molecular formula is C19H18F3N3O4S. The number of halogens is 3. The highest BCUT2D eigenvalue weighted by Crippen LogP contribution is 2.35. The average molecular weight is 441 g/mol. The molecule has 160 valence electrons. The number of alkyl halides is 3. The first-order valence-electron chi connectivity index (χ1n) is 8.82. The van der Waals surface area contributed by atoms with Gasteiger partial charge in [-0.25, -0.2) is 13.2 Å². The second-order valence-corrected chi connectivity index (χ2v) is 8.47. The van der Waals surface area contributed by atoms with E-state index in [1.54, 1.807) is 37.3 Å². The summed E-state index contributed by atoms with van der Waals surface area (Å²) >= 11 is 0. The molecule has 0 saturated carbocycles. The van der Waals surface area contributed by atoms with E-state index < -0.39 is 38.7 Å². The molecule has 1 heterocycles. The number of nitrogens with zero attached hydrogens (tertiary/aromatic N) is 1. The second kappa shape index (κ2) is 7.73. The first-order chi connectivity index (χ1) is 14.0. The van der Waals surface area contributed by atoms with Gasteiger partial charge in [0.15, 0.2) is 0 Å². The minimum absolute atomic E-state index is 0.110. The normalized spacial score (nSPS) is 19.8. The number of amides is 3. The van der Waals surface area contributed by atoms with Crippen LogP contribution in [0.15, 0.2) is 59.5 Å². The van der Waals surface area contributed by atoms with E-state index in [0.29, 0.717) is 16.0 Å². The Morgan fingerprint density at radius 2 is 1.63 bits per heavy atom. The minimum Gasteiger partial charge on any atom is -0.303 e. The molecule has 3 rings (SSSR count). The minimum atomic E-state index is -5.42. The molecular weight excluding hydrogens is 423 g/mol. The molecule has 1 saturated heterocycles. The Morgan fingerprint density at radius 3 is 2.20 bits per heavy atom. The van der Waals surface area contributed by atoms with Gasteiger partial charge in [0, 0.05) is 6.54 Å². The van der Waals surface area contributed by atoms with Gasteiger partial charge >= 0.3 is 12.2 Å². The number of aryl methyl sites for hydroxylation is 1. The van der Waals surface area contributed by atoms with Crippen molar-refractivity contribution in [1.29, 1.82) is 0 Å². The zero-order valence-electron chi connectivity index (χ0n) is 15.7. The molecule has 1 aliphatic heterocycles. The Balaban J connectivity index is 1.91. The van der Waals surface area contributed by atoms with Gasteiger partial charge in [-0.3, -0.25) is 9.69 Å². The fraction of sp³-hybridized carbons (Fsp3) is 0.263. The van der Waals surface area contributed by atoms with Crippen LogP contribution in [-0.2, 0) is 21.2 Å². The first-order valence-corrected chi connectivity index (χ1v) is 10.3. The molecule has 0 aromatic heterocycles. The van der Waals surface area contributed by atoms with E-state index >= 15 is 0 Å². The summed E-state index contributed by atoms with van der Waals surface area (Å²) in [6, 6.07) is 12.2. The summed E-state index contributed by atoms with van der Waals surface area (Å²) in [5.74, 6) is -1.73. The van der Waals surface area contributed by atoms with E-state index in [1.807, 2.05) is 0 Å². The van der Waals surface area contributed by atoms with E-state index in [1.165, 1.54) is 22.2 Å². The van der Waals surface area contributed by atoms with E-state index in [0.717, 1.165) is 12.1 Å². The number of imide groups is 1. The lowest BCUT2D eigenvalue weighted by molar-refractivity contribution is -0.198. The molecule has 0 spiro atoms. The van der Waals surface area contributed by atoms with E-state index in [9.17, 15) is 31.2 Å². The average Bonchev–Trinajstić information content (AvgIpc) is 2.91. The van der Waals surface area contributed by atoms with Crippen LogP contribution in [0.2, 0.25) is 0 Å². The Labute approximate surface area is 170 Å². The molecule has 0 unspecified atom stereocenters. The Bertz CT molecular complexity index is 1060. The summed E-state index contributed by atoms with van der Waals surface area (Å²) in [6.45, 7) is 1.32. The van der Waals surface area contributed by atoms with Crippen LogP contribution in [0.1, 0.15) is 11.1 Å². The molecule has 2 aromatic carbocycles. The van der Waals surface area contributed by atoms with Crippen LogP contribution in [0.3, 0.4) is 0 Å². The number of nitrogens with one attached hydrogen (secondary N) is 2. The Morgan fingerprint density at radius 1 is 1.03 bits per heavy atom. The van der Waals surface area contributed by atoms with Crippen LogP contribution in [0, 0.1) is 6.92 Å². The molecule has 0 radical (unpaired) electrons. The summed E-state index contributed by atoms with van der Waals surface area (Å²) in [4.78, 5) is 24.7. The van der Waals surface area contributed by atoms with Gasteiger partial charge in [-0.05, 0) is 31.0 Å². The monoisotopic (exact) mass is 441 g/mol. The zero-order valence-corrected chi connectivity index (χ0v) is 16.5. The quantitative estimate of drug-likeness (QED) is 0.673. The summed E-state index contributed by atoms with van der Waals surface area (Å²) in [5, 5.41) is 1.50. The first kappa shape index (κ1) is 21.8. The van der Waals surface area contributed by atoms with Crippen LogP contribution in [0.5, 0.6) is 0 Å². The van der Waals surface area contributed by atoms with Gasteiger partial charge in [0.25, 0.3) is 11.6 Å². The number of rotatable bonds is 6. The molecule has 30 heavy (non-hydrogen) atoms. The maximum Gasteiger partial charge on any atom is 0.435 e. The maximum atomic E-state index is 13.9. The number of hydrogen-bond donors (Lipinski definition) is 2. The number of benzene rings is 2. The van der Waals surface area contributed by atoms with Gasteiger partial charge in [0.2, 0.25) is 10.0 Å². The topological polar surface area (TPSA) is 95.6 Å². The third-order valence-corrected chi connectivity index (χ3v) is 6.08. The molecule has 3 amide bonds. The highest BCUT2D eigenvalue weighted by Gasteiger charge is 2.69. The fourth-order valence-corrected chi connectivity index (χ4v) is 4.23. The van der Waals surface area contributed by atoms with Crippen molar-refractivity contribution in [3.63, 3.8) is 0 Å². The summed E-state index contributed by atoms with van der Waals surface area (Å²) in [7, 11) is -4.78. The fourth-order valence-electron chi connectivity index (χ4n) is 2.96. The lowest BCUT2D eigenvalue weighted by Gasteiger charge is -2.29. The molecule has 0 aliphatic carbocycles. The van der Waals surface area contributed by atoms with Gasteiger partial charge in [0.1, 0.15) is 0 Å². The van der Waals surface area contributed by atoms with Crippen molar-refractivity contribution in [3.05, 3.63) is 65.7 Å². The predicted molar refractivity (Wildman–Crippen MR) is 101 cm³/mol. The van der Waals surface area contributed by atoms with E-state index in [2.05, 4.69) is 0 Å². The van der Waals surface area contributed by atoms with E-state index in [4.69, 9.17) is 0 Å². The maximum absolute atomic E-state index is 13.9. The van der Waals surface area contributed by atoms with Gasteiger partial charge < -0.3 is 5.32 Å². The standard InChI is InChI=1S/C19H18F3N3O4S/c1-13-7-9-15(10-8-13)30(28,29)24-18(19(20,21)22)16(26)25(17(27)23-18)12-11-14-5-3-2-4-6-14/h2-10,24H,11-12H2,1H3,(H,23,27)/t18-/m1/s1. The van der Waals surface area contributed by atoms with Crippen molar-refractivity contribution in [2.45, 2.75) is 30.1 Å². The molecule has 0 bridgehead atoms. The van der Waals surface area contributed by atoms with Crippen LogP contribution in [-0.4, -0.2) is 43.6 Å². The van der Waals surface area contributed by atoms with E-state index in [-0.39, 0.29) is 13.0 Å². The molecule has 2 aromatic rings. The van der Waals surface area contributed by atoms with Crippen molar-refractivity contribution in [2.75, 3.05) is 6.54 Å². The van der Waals surface area contributed by atoms with Gasteiger partial charge in [-0.2, -0.15) is 17.9 Å². The van der Waals surface area contributed by atoms with Gasteiger partial charge in [-0.15, -0.1) is 0 Å². The summed E-state index contributed by atoms with van der Waals surface area (Å²) in [5.41, 5.74) is -2.40. The van der Waals surface area contributed by atoms with Crippen molar-refractivity contribution in [1.82, 2.24) is 14.9 Å². The van der Waals surface area contributed by atoms with Crippen LogP contribution >= 0.6 is 0 Å². The lowest BCUT2D eigenvalue weighted by atomic mass is 10.1. The highest BCUT2D eigenvalue weighted by atomic mass is 32.2. The van der Waals surface area contributed by atoms with Gasteiger partial charge in [0.05, 0.1) is 4.90 Å². The number of carbonyl (C=O) groups excluding carboxylic acids is 2. The number of urea groups is 1. The molecule has 7 nitrogen and oxygen atoms in total. The van der Waals surface area contributed by atoms with Gasteiger partial charge in [-0.1, -0.05) is 48.0 Å². The third kappa shape index (κ3) is 4.03. The predicted octanol–water partition coefficient (Wildman–Crippen LogP) is 2.33. The van der Waals surface area contributed by atoms with Crippen molar-refractivity contribution >= 4 is 22.0 Å². The molecule has 1 aliphatic rings. The van der Waals surface area contributed by atoms with Crippen molar-refractivity contribution in [3.8, 4) is 0 Å². The molecule has 1 fully saturated rings. The van der Waals surface area contributed by atoms with Crippen LogP contribution in [0.25, 0.3) is 0 Å². The Hall–Kier alpha value is -2.92. The largest absolute Gasteiger partial charge is 0.435 e. The SMILES string of the molecule is Cc1ccc(S(=O)(=O)N[C@]2(C(F)(F)F)NC(=O)N(CCc3ccccc3)C2=O)cc1. The highest BCUT2D eigenvalue weighted by molar-refractivity contribution is 7.89. The molecule has 2 N–H and O–H groups in total. The van der Waals surface area contributed by atoms with Crippen molar-refractivity contribution < 1.29 is 31.2 Å². The lowest BCUT2D eigenvalue weighted by Crippen LogP contribution is -2.69. The number of sulfonamides is 1. The smallest absolute Gasteiger partial charge is 0.303 e. The molecule has 1 atom stereocenters. The summed E-state index contributed by atoms with van der Waals surface area (Å²) < 4.78 is 68.2. The Kier molecular flexibility index (Phi) is 5.61. The molecule has 11 heteroatoms. The number of carbonyl (C=O) groups is 2. The summed E-state index contributed by atoms with van der Waals surface area (Å²) in [6.07, 6.45) is -5.31. The van der Waals surface area contributed by atoms with Crippen LogP contribution in [0.4, 0.5) is 18.0 Å². The number of hydrogen-bond acceptors (Lipinski definition) is 4. The zero-order chi connectivity index (χ0) is 22.2. The van der Waals surface area contributed by atoms with Crippen molar-refractivity contribution in [2.24, 2.45) is 0 Å².